The van der Waals surface area contributed by atoms with Gasteiger partial charge < -0.3 is 15.8 Å². The Morgan fingerprint density at radius 2 is 2.16 bits per heavy atom. The molecule has 0 heterocycles. The average molecular weight is 263 g/mol. The van der Waals surface area contributed by atoms with E-state index in [-0.39, 0.29) is 12.6 Å². The second-order valence-corrected chi connectivity index (χ2v) is 4.61. The van der Waals surface area contributed by atoms with Crippen molar-refractivity contribution in [1.29, 1.82) is 0 Å². The molecule has 0 aromatic heterocycles. The van der Waals surface area contributed by atoms with Crippen LogP contribution < -0.4 is 21.1 Å². The number of carbonyl (C=O) groups excluding carboxylic acids is 2. The molecule has 19 heavy (non-hydrogen) atoms. The largest absolute Gasteiger partial charge is 0.483 e. The highest BCUT2D eigenvalue weighted by molar-refractivity contribution is 5.95. The fraction of sp³-hybridized carbons (Fsp3) is 0.385. The molecule has 0 aliphatic heterocycles. The molecule has 0 atom stereocenters. The maximum absolute atomic E-state index is 11.5. The molecule has 1 aliphatic rings. The van der Waals surface area contributed by atoms with E-state index < -0.39 is 11.9 Å². The molecule has 1 fully saturated rings. The molecule has 2 rings (SSSR count). The molecule has 1 saturated carbocycles. The zero-order chi connectivity index (χ0) is 13.8. The molecule has 0 radical (unpaired) electrons. The fourth-order valence-electron chi connectivity index (χ4n) is 1.59. The number of benzene rings is 1. The SMILES string of the molecule is Cc1cc(N)ccc1OCC(=O)NC(=O)NC1CC1. The number of urea groups is 1. The summed E-state index contributed by atoms with van der Waals surface area (Å²) in [6.45, 7) is 1.63. The minimum atomic E-state index is -0.477. The van der Waals surface area contributed by atoms with E-state index in [4.69, 9.17) is 10.5 Å². The summed E-state index contributed by atoms with van der Waals surface area (Å²) in [4.78, 5) is 22.8. The van der Waals surface area contributed by atoms with Gasteiger partial charge in [-0.15, -0.1) is 0 Å². The number of hydrogen-bond acceptors (Lipinski definition) is 4. The Bertz CT molecular complexity index is 498. The molecule has 0 spiro atoms. The molecule has 1 aromatic carbocycles. The van der Waals surface area contributed by atoms with Gasteiger partial charge in [0.05, 0.1) is 0 Å². The van der Waals surface area contributed by atoms with Crippen LogP contribution in [-0.2, 0) is 4.79 Å². The van der Waals surface area contributed by atoms with Crippen LogP contribution in [-0.4, -0.2) is 24.6 Å². The van der Waals surface area contributed by atoms with Crippen LogP contribution in [0.5, 0.6) is 5.75 Å². The van der Waals surface area contributed by atoms with Crippen LogP contribution in [0.15, 0.2) is 18.2 Å². The van der Waals surface area contributed by atoms with Crippen molar-refractivity contribution in [1.82, 2.24) is 10.6 Å². The van der Waals surface area contributed by atoms with E-state index >= 15 is 0 Å². The molecule has 4 N–H and O–H groups in total. The van der Waals surface area contributed by atoms with Crippen molar-refractivity contribution in [2.45, 2.75) is 25.8 Å². The van der Waals surface area contributed by atoms with Gasteiger partial charge in [-0.25, -0.2) is 4.79 Å². The maximum Gasteiger partial charge on any atom is 0.321 e. The number of aryl methyl sites for hydroxylation is 1. The van der Waals surface area contributed by atoms with E-state index in [1.165, 1.54) is 0 Å². The highest BCUT2D eigenvalue weighted by Gasteiger charge is 2.23. The average Bonchev–Trinajstić information content (AvgIpc) is 3.11. The van der Waals surface area contributed by atoms with Gasteiger partial charge in [0.15, 0.2) is 6.61 Å². The van der Waals surface area contributed by atoms with Crippen LogP contribution in [0.4, 0.5) is 10.5 Å². The molecular formula is C13H17N3O3. The second kappa shape index (κ2) is 5.60. The van der Waals surface area contributed by atoms with Crippen LogP contribution in [0, 0.1) is 6.92 Å². The number of carbonyl (C=O) groups is 2. The van der Waals surface area contributed by atoms with Crippen molar-refractivity contribution in [2.75, 3.05) is 12.3 Å². The maximum atomic E-state index is 11.5. The summed E-state index contributed by atoms with van der Waals surface area (Å²) in [5.41, 5.74) is 7.09. The van der Waals surface area contributed by atoms with Gasteiger partial charge in [0, 0.05) is 11.7 Å². The molecule has 0 unspecified atom stereocenters. The van der Waals surface area contributed by atoms with Crippen molar-refractivity contribution in [3.8, 4) is 5.75 Å². The third-order valence-corrected chi connectivity index (χ3v) is 2.72. The standard InChI is InChI=1S/C13H17N3O3/c1-8-6-9(14)2-5-11(8)19-7-12(17)16-13(18)15-10-3-4-10/h2,5-6,10H,3-4,7,14H2,1H3,(H2,15,16,17,18). The third kappa shape index (κ3) is 4.17. The summed E-state index contributed by atoms with van der Waals surface area (Å²) in [5, 5.41) is 4.87. The smallest absolute Gasteiger partial charge is 0.321 e. The van der Waals surface area contributed by atoms with Crippen molar-refractivity contribution in [2.24, 2.45) is 0 Å². The number of amides is 3. The quantitative estimate of drug-likeness (QED) is 0.705. The highest BCUT2D eigenvalue weighted by Crippen LogP contribution is 2.20. The number of nitrogen functional groups attached to an aromatic ring is 1. The Kier molecular flexibility index (Phi) is 3.89. The summed E-state index contributed by atoms with van der Waals surface area (Å²) in [7, 11) is 0. The van der Waals surface area contributed by atoms with Crippen molar-refractivity contribution >= 4 is 17.6 Å². The lowest BCUT2D eigenvalue weighted by molar-refractivity contribution is -0.122. The van der Waals surface area contributed by atoms with Crippen LogP contribution >= 0.6 is 0 Å². The van der Waals surface area contributed by atoms with Crippen molar-refractivity contribution in [3.63, 3.8) is 0 Å². The molecule has 1 aliphatic carbocycles. The van der Waals surface area contributed by atoms with Gasteiger partial charge in [-0.3, -0.25) is 10.1 Å². The topological polar surface area (TPSA) is 93.4 Å². The van der Waals surface area contributed by atoms with Gasteiger partial charge in [0.2, 0.25) is 0 Å². The monoisotopic (exact) mass is 263 g/mol. The molecule has 0 bridgehead atoms. The molecule has 102 valence electrons. The Morgan fingerprint density at radius 3 is 2.79 bits per heavy atom. The van der Waals surface area contributed by atoms with Gasteiger partial charge in [0.1, 0.15) is 5.75 Å². The van der Waals surface area contributed by atoms with Gasteiger partial charge in [-0.05, 0) is 43.5 Å². The molecule has 0 saturated heterocycles. The van der Waals surface area contributed by atoms with Gasteiger partial charge in [0.25, 0.3) is 5.91 Å². The number of rotatable bonds is 4. The zero-order valence-electron chi connectivity index (χ0n) is 10.7. The van der Waals surface area contributed by atoms with E-state index in [0.717, 1.165) is 18.4 Å². The Morgan fingerprint density at radius 1 is 1.42 bits per heavy atom. The number of anilines is 1. The minimum Gasteiger partial charge on any atom is -0.483 e. The van der Waals surface area contributed by atoms with Gasteiger partial charge in [-0.2, -0.15) is 0 Å². The number of nitrogens with one attached hydrogen (secondary N) is 2. The third-order valence-electron chi connectivity index (χ3n) is 2.72. The molecule has 1 aromatic rings. The highest BCUT2D eigenvalue weighted by atomic mass is 16.5. The number of imide groups is 1. The van der Waals surface area contributed by atoms with Crippen LogP contribution in [0.1, 0.15) is 18.4 Å². The van der Waals surface area contributed by atoms with Crippen molar-refractivity contribution in [3.05, 3.63) is 23.8 Å². The van der Waals surface area contributed by atoms with Crippen molar-refractivity contribution < 1.29 is 14.3 Å². The van der Waals surface area contributed by atoms with E-state index in [1.54, 1.807) is 18.2 Å². The predicted octanol–water partition coefficient (Wildman–Crippen LogP) is 0.944. The van der Waals surface area contributed by atoms with Gasteiger partial charge >= 0.3 is 6.03 Å². The summed E-state index contributed by atoms with van der Waals surface area (Å²) >= 11 is 0. The number of nitrogens with two attached hydrogens (primary N) is 1. The first kappa shape index (κ1) is 13.2. The summed E-state index contributed by atoms with van der Waals surface area (Å²) in [5.74, 6) is 0.0985. The summed E-state index contributed by atoms with van der Waals surface area (Å²) in [6, 6.07) is 4.90. The second-order valence-electron chi connectivity index (χ2n) is 4.61. The zero-order valence-corrected chi connectivity index (χ0v) is 10.7. The Balaban J connectivity index is 1.77. The lowest BCUT2D eigenvalue weighted by Gasteiger charge is -2.09. The fourth-order valence-corrected chi connectivity index (χ4v) is 1.59. The lowest BCUT2D eigenvalue weighted by atomic mass is 10.2. The van der Waals surface area contributed by atoms with Crippen LogP contribution in [0.3, 0.4) is 0 Å². The van der Waals surface area contributed by atoms with E-state index in [1.807, 2.05) is 6.92 Å². The lowest BCUT2D eigenvalue weighted by Crippen LogP contribution is -2.42. The normalized spacial score (nSPS) is 13.7. The van der Waals surface area contributed by atoms with E-state index in [9.17, 15) is 9.59 Å². The molecular weight excluding hydrogens is 246 g/mol. The Hall–Kier alpha value is -2.24. The van der Waals surface area contributed by atoms with Gasteiger partial charge in [-0.1, -0.05) is 0 Å². The predicted molar refractivity (Wildman–Crippen MR) is 70.8 cm³/mol. The molecule has 6 heteroatoms. The van der Waals surface area contributed by atoms with E-state index in [0.29, 0.717) is 11.4 Å². The van der Waals surface area contributed by atoms with E-state index in [2.05, 4.69) is 10.6 Å². The van der Waals surface area contributed by atoms with Crippen LogP contribution in [0.25, 0.3) is 0 Å². The summed E-state index contributed by atoms with van der Waals surface area (Å²) < 4.78 is 5.33. The first-order valence-corrected chi connectivity index (χ1v) is 6.14. The minimum absolute atomic E-state index is 0.206. The molecule has 3 amide bonds. The summed E-state index contributed by atoms with van der Waals surface area (Å²) in [6.07, 6.45) is 1.95. The number of hydrogen-bond donors (Lipinski definition) is 3. The van der Waals surface area contributed by atoms with Crippen LogP contribution in [0.2, 0.25) is 0 Å². The number of ether oxygens (including phenoxy) is 1. The first-order valence-electron chi connectivity index (χ1n) is 6.14. The Labute approximate surface area is 111 Å². The first-order chi connectivity index (χ1) is 9.04. The molecule has 6 nitrogen and oxygen atoms in total.